The minimum atomic E-state index is -3.86. The lowest BCUT2D eigenvalue weighted by Gasteiger charge is -2.09. The molecule has 0 unspecified atom stereocenters. The molecule has 0 aliphatic rings. The highest BCUT2D eigenvalue weighted by molar-refractivity contribution is 9.10. The number of hydrogen-bond donors (Lipinski definition) is 2. The minimum Gasteiger partial charge on any atom is -0.399 e. The Morgan fingerprint density at radius 2 is 2.11 bits per heavy atom. The van der Waals surface area contributed by atoms with Crippen LogP contribution in [0, 0.1) is 5.82 Å². The first kappa shape index (κ1) is 16.7. The SMILES string of the molecule is CSCCCCNS(=O)(=O)c1cc(N)cc(Br)c1F. The largest absolute Gasteiger partial charge is 0.399 e. The number of anilines is 1. The highest BCUT2D eigenvalue weighted by Crippen LogP contribution is 2.25. The molecule has 0 amide bonds. The number of nitrogen functional groups attached to an aromatic ring is 1. The summed E-state index contributed by atoms with van der Waals surface area (Å²) in [5.74, 6) is 0.144. The number of halogens is 2. The fourth-order valence-electron chi connectivity index (χ4n) is 1.44. The molecular formula is C11H16BrFN2O2S2. The Labute approximate surface area is 125 Å². The monoisotopic (exact) mass is 370 g/mol. The number of rotatable bonds is 7. The second-order valence-corrected chi connectivity index (χ2v) is 7.49. The average molecular weight is 371 g/mol. The van der Waals surface area contributed by atoms with E-state index in [4.69, 9.17) is 5.73 Å². The van der Waals surface area contributed by atoms with Crippen molar-refractivity contribution in [2.75, 3.05) is 24.3 Å². The van der Waals surface area contributed by atoms with Crippen molar-refractivity contribution >= 4 is 43.4 Å². The highest BCUT2D eigenvalue weighted by atomic mass is 79.9. The third-order valence-corrected chi connectivity index (χ3v) is 5.11. The van der Waals surface area contributed by atoms with Gasteiger partial charge in [0, 0.05) is 12.2 Å². The van der Waals surface area contributed by atoms with Crippen molar-refractivity contribution in [1.29, 1.82) is 0 Å². The van der Waals surface area contributed by atoms with E-state index in [9.17, 15) is 12.8 Å². The van der Waals surface area contributed by atoms with Crippen LogP contribution in [0.4, 0.5) is 10.1 Å². The maximum atomic E-state index is 13.8. The average Bonchev–Trinajstić information content (AvgIpc) is 2.33. The standard InChI is InChI=1S/C11H16BrFN2O2S2/c1-18-5-3-2-4-15-19(16,17)10-7-8(14)6-9(12)11(10)13/h6-7,15H,2-5,14H2,1H3. The number of hydrogen-bond acceptors (Lipinski definition) is 4. The molecule has 108 valence electrons. The molecule has 0 saturated heterocycles. The number of nitrogens with two attached hydrogens (primary N) is 1. The predicted octanol–water partition coefficient (Wildman–Crippen LogP) is 2.59. The first-order valence-electron chi connectivity index (χ1n) is 5.61. The van der Waals surface area contributed by atoms with Crippen LogP contribution in [0.25, 0.3) is 0 Å². The minimum absolute atomic E-state index is 0.0373. The first-order chi connectivity index (χ1) is 8.88. The van der Waals surface area contributed by atoms with Crippen LogP contribution in [0.1, 0.15) is 12.8 Å². The summed E-state index contributed by atoms with van der Waals surface area (Å²) in [5, 5.41) is 0. The quantitative estimate of drug-likeness (QED) is 0.571. The van der Waals surface area contributed by atoms with Crippen LogP contribution in [0.3, 0.4) is 0 Å². The molecule has 0 aliphatic carbocycles. The summed E-state index contributed by atoms with van der Waals surface area (Å²) in [7, 11) is -3.86. The van der Waals surface area contributed by atoms with Gasteiger partial charge < -0.3 is 5.73 Å². The van der Waals surface area contributed by atoms with Gasteiger partial charge >= 0.3 is 0 Å². The van der Waals surface area contributed by atoms with Gasteiger partial charge in [-0.05, 0) is 52.9 Å². The van der Waals surface area contributed by atoms with Crippen molar-refractivity contribution in [3.05, 3.63) is 22.4 Å². The molecule has 1 aromatic carbocycles. The van der Waals surface area contributed by atoms with E-state index < -0.39 is 20.7 Å². The summed E-state index contributed by atoms with van der Waals surface area (Å²) >= 11 is 4.64. The van der Waals surface area contributed by atoms with Crippen LogP contribution in [0.5, 0.6) is 0 Å². The van der Waals surface area contributed by atoms with E-state index in [0.717, 1.165) is 18.2 Å². The van der Waals surface area contributed by atoms with Crippen molar-refractivity contribution < 1.29 is 12.8 Å². The van der Waals surface area contributed by atoms with Crippen LogP contribution in [0.15, 0.2) is 21.5 Å². The topological polar surface area (TPSA) is 72.2 Å². The normalized spacial score (nSPS) is 11.7. The zero-order valence-electron chi connectivity index (χ0n) is 10.4. The molecule has 3 N–H and O–H groups in total. The van der Waals surface area contributed by atoms with Gasteiger partial charge in [-0.1, -0.05) is 0 Å². The molecule has 1 rings (SSSR count). The van der Waals surface area contributed by atoms with Gasteiger partial charge in [0.25, 0.3) is 0 Å². The Hall–Kier alpha value is -0.310. The van der Waals surface area contributed by atoms with E-state index in [0.29, 0.717) is 6.42 Å². The second kappa shape index (κ2) is 7.47. The molecule has 19 heavy (non-hydrogen) atoms. The van der Waals surface area contributed by atoms with E-state index in [2.05, 4.69) is 20.7 Å². The van der Waals surface area contributed by atoms with Crippen LogP contribution in [-0.4, -0.2) is 27.0 Å². The molecule has 0 radical (unpaired) electrons. The van der Waals surface area contributed by atoms with Gasteiger partial charge in [-0.15, -0.1) is 0 Å². The summed E-state index contributed by atoms with van der Waals surface area (Å²) in [6.07, 6.45) is 3.61. The molecule has 1 aromatic rings. The molecule has 0 atom stereocenters. The number of sulfonamides is 1. The van der Waals surface area contributed by atoms with Gasteiger partial charge in [0.2, 0.25) is 10.0 Å². The van der Waals surface area contributed by atoms with Gasteiger partial charge in [0.1, 0.15) is 4.90 Å². The van der Waals surface area contributed by atoms with Gasteiger partial charge in [0.05, 0.1) is 4.47 Å². The van der Waals surface area contributed by atoms with Crippen molar-refractivity contribution in [2.45, 2.75) is 17.7 Å². The van der Waals surface area contributed by atoms with Crippen LogP contribution < -0.4 is 10.5 Å². The lowest BCUT2D eigenvalue weighted by atomic mass is 10.3. The Kier molecular flexibility index (Phi) is 6.58. The fourth-order valence-corrected chi connectivity index (χ4v) is 3.74. The second-order valence-electron chi connectivity index (χ2n) is 3.91. The lowest BCUT2D eigenvalue weighted by Crippen LogP contribution is -2.26. The molecule has 4 nitrogen and oxygen atoms in total. The summed E-state index contributed by atoms with van der Waals surface area (Å²) in [5.41, 5.74) is 5.72. The van der Waals surface area contributed by atoms with E-state index in [-0.39, 0.29) is 16.7 Å². The Balaban J connectivity index is 2.78. The Bertz CT molecular complexity index is 538. The molecule has 8 heteroatoms. The third-order valence-electron chi connectivity index (χ3n) is 2.37. The maximum absolute atomic E-state index is 13.8. The molecular weight excluding hydrogens is 355 g/mol. The first-order valence-corrected chi connectivity index (χ1v) is 9.28. The van der Waals surface area contributed by atoms with E-state index in [1.807, 2.05) is 6.26 Å². The molecule has 0 bridgehead atoms. The van der Waals surface area contributed by atoms with Gasteiger partial charge in [-0.2, -0.15) is 11.8 Å². The number of thioether (sulfide) groups is 1. The van der Waals surface area contributed by atoms with E-state index in [1.54, 1.807) is 11.8 Å². The van der Waals surface area contributed by atoms with Crippen molar-refractivity contribution in [3.63, 3.8) is 0 Å². The van der Waals surface area contributed by atoms with E-state index >= 15 is 0 Å². The van der Waals surface area contributed by atoms with Crippen molar-refractivity contribution in [1.82, 2.24) is 4.72 Å². The highest BCUT2D eigenvalue weighted by Gasteiger charge is 2.21. The lowest BCUT2D eigenvalue weighted by molar-refractivity contribution is 0.552. The summed E-state index contributed by atoms with van der Waals surface area (Å²) in [6.45, 7) is 0.286. The summed E-state index contributed by atoms with van der Waals surface area (Å²) in [6, 6.07) is 2.44. The molecule has 0 spiro atoms. The van der Waals surface area contributed by atoms with Gasteiger partial charge in [-0.25, -0.2) is 17.5 Å². The number of unbranched alkanes of at least 4 members (excludes halogenated alkanes) is 1. The summed E-state index contributed by atoms with van der Waals surface area (Å²) in [4.78, 5) is -0.427. The molecule has 0 aromatic heterocycles. The van der Waals surface area contributed by atoms with Crippen LogP contribution in [-0.2, 0) is 10.0 Å². The molecule has 0 aliphatic heterocycles. The van der Waals surface area contributed by atoms with Crippen molar-refractivity contribution in [2.24, 2.45) is 0 Å². The van der Waals surface area contributed by atoms with Crippen molar-refractivity contribution in [3.8, 4) is 0 Å². The molecule has 0 fully saturated rings. The zero-order chi connectivity index (χ0) is 14.5. The maximum Gasteiger partial charge on any atom is 0.243 e. The summed E-state index contributed by atoms with van der Waals surface area (Å²) < 4.78 is 40.1. The van der Waals surface area contributed by atoms with Gasteiger partial charge in [0.15, 0.2) is 5.82 Å². The molecule has 0 heterocycles. The van der Waals surface area contributed by atoms with E-state index in [1.165, 1.54) is 6.07 Å². The third kappa shape index (κ3) is 4.94. The van der Waals surface area contributed by atoms with Crippen LogP contribution in [0.2, 0.25) is 0 Å². The van der Waals surface area contributed by atoms with Gasteiger partial charge in [-0.3, -0.25) is 0 Å². The predicted molar refractivity (Wildman–Crippen MR) is 81.3 cm³/mol. The zero-order valence-corrected chi connectivity index (χ0v) is 13.7. The molecule has 0 saturated carbocycles. The van der Waals surface area contributed by atoms with Crippen LogP contribution >= 0.6 is 27.7 Å². The fraction of sp³-hybridized carbons (Fsp3) is 0.455. The number of benzene rings is 1. The number of nitrogens with one attached hydrogen (secondary N) is 1. The Morgan fingerprint density at radius 3 is 2.74 bits per heavy atom. The Morgan fingerprint density at radius 1 is 1.42 bits per heavy atom. The smallest absolute Gasteiger partial charge is 0.243 e.